The first-order valence-electron chi connectivity index (χ1n) is 8.28. The molecule has 0 saturated carbocycles. The molecule has 0 fully saturated rings. The Labute approximate surface area is 156 Å². The number of hydrogen-bond acceptors (Lipinski definition) is 6. The van der Waals surface area contributed by atoms with Crippen LogP contribution in [0.25, 0.3) is 0 Å². The number of hydrogen-bond donors (Lipinski definition) is 1. The molecule has 0 bridgehead atoms. The minimum absolute atomic E-state index is 0.0315. The van der Waals surface area contributed by atoms with Crippen LogP contribution in [0.2, 0.25) is 0 Å². The van der Waals surface area contributed by atoms with E-state index < -0.39 is 22.8 Å². The Bertz CT molecular complexity index is 819. The van der Waals surface area contributed by atoms with Gasteiger partial charge in [0.1, 0.15) is 25.0 Å². The quantitative estimate of drug-likeness (QED) is 0.330. The Hall–Kier alpha value is -3.42. The van der Waals surface area contributed by atoms with Crippen LogP contribution in [0.3, 0.4) is 0 Å². The summed E-state index contributed by atoms with van der Waals surface area (Å²) in [7, 11) is 0. The van der Waals surface area contributed by atoms with Gasteiger partial charge >= 0.3 is 5.97 Å². The van der Waals surface area contributed by atoms with Crippen LogP contribution in [0.4, 0.5) is 5.69 Å². The van der Waals surface area contributed by atoms with Gasteiger partial charge in [-0.15, -0.1) is 0 Å². The molecular weight excluding hydrogens is 352 g/mol. The molecule has 0 aliphatic rings. The van der Waals surface area contributed by atoms with E-state index in [1.807, 2.05) is 31.2 Å². The summed E-state index contributed by atoms with van der Waals surface area (Å²) in [6, 6.07) is 11.8. The lowest BCUT2D eigenvalue weighted by atomic mass is 10.2. The molecule has 0 aromatic heterocycles. The van der Waals surface area contributed by atoms with Crippen molar-refractivity contribution in [1.82, 2.24) is 5.32 Å². The van der Waals surface area contributed by atoms with Crippen molar-refractivity contribution in [2.24, 2.45) is 0 Å². The second kappa shape index (κ2) is 9.33. The van der Waals surface area contributed by atoms with Crippen LogP contribution in [0.1, 0.15) is 22.8 Å². The number of aryl methyl sites for hydroxylation is 1. The maximum absolute atomic E-state index is 12.1. The average molecular weight is 372 g/mol. The van der Waals surface area contributed by atoms with E-state index >= 15 is 0 Å². The number of ether oxygens (including phenoxy) is 2. The Morgan fingerprint density at radius 3 is 2.52 bits per heavy atom. The molecule has 2 aromatic carbocycles. The molecule has 0 radical (unpaired) electrons. The zero-order valence-electron chi connectivity index (χ0n) is 15.0. The molecule has 0 saturated heterocycles. The molecule has 27 heavy (non-hydrogen) atoms. The van der Waals surface area contributed by atoms with E-state index in [1.54, 1.807) is 0 Å². The van der Waals surface area contributed by atoms with E-state index in [0.717, 1.165) is 11.6 Å². The van der Waals surface area contributed by atoms with Gasteiger partial charge in [0, 0.05) is 17.7 Å². The van der Waals surface area contributed by atoms with Crippen LogP contribution in [0.5, 0.6) is 5.75 Å². The molecule has 1 unspecified atom stereocenters. The van der Waals surface area contributed by atoms with E-state index in [4.69, 9.17) is 9.47 Å². The maximum Gasteiger partial charge on any atom is 0.328 e. The van der Waals surface area contributed by atoms with E-state index in [-0.39, 0.29) is 24.5 Å². The predicted molar refractivity (Wildman–Crippen MR) is 97.7 cm³/mol. The van der Waals surface area contributed by atoms with Crippen LogP contribution in [0, 0.1) is 17.0 Å². The SMILES string of the molecule is Cc1ccc(OCCOC(=O)C(C)NC(=O)c2cccc([N+](=O)[O-])c2)cc1. The summed E-state index contributed by atoms with van der Waals surface area (Å²) in [6.07, 6.45) is 0. The van der Waals surface area contributed by atoms with Gasteiger partial charge in [-0.05, 0) is 32.0 Å². The second-order valence-electron chi connectivity index (χ2n) is 5.83. The number of benzene rings is 2. The summed E-state index contributed by atoms with van der Waals surface area (Å²) in [5.74, 6) is -0.552. The van der Waals surface area contributed by atoms with E-state index in [2.05, 4.69) is 5.32 Å². The fourth-order valence-corrected chi connectivity index (χ4v) is 2.16. The van der Waals surface area contributed by atoms with Crippen LogP contribution in [0.15, 0.2) is 48.5 Å². The van der Waals surface area contributed by atoms with Crippen molar-refractivity contribution in [3.63, 3.8) is 0 Å². The second-order valence-corrected chi connectivity index (χ2v) is 5.83. The van der Waals surface area contributed by atoms with Crippen molar-refractivity contribution in [1.29, 1.82) is 0 Å². The van der Waals surface area contributed by atoms with Gasteiger partial charge in [0.15, 0.2) is 0 Å². The summed E-state index contributed by atoms with van der Waals surface area (Å²) in [4.78, 5) is 34.2. The summed E-state index contributed by atoms with van der Waals surface area (Å²) in [5.41, 5.74) is 1.000. The zero-order chi connectivity index (χ0) is 19.8. The van der Waals surface area contributed by atoms with Gasteiger partial charge in [-0.3, -0.25) is 14.9 Å². The summed E-state index contributed by atoms with van der Waals surface area (Å²) in [5, 5.41) is 13.2. The highest BCUT2D eigenvalue weighted by Gasteiger charge is 2.19. The first kappa shape index (κ1) is 19.9. The lowest BCUT2D eigenvalue weighted by molar-refractivity contribution is -0.384. The van der Waals surface area contributed by atoms with Crippen molar-refractivity contribution < 1.29 is 24.0 Å². The first-order valence-corrected chi connectivity index (χ1v) is 8.28. The number of rotatable bonds is 8. The molecule has 8 heteroatoms. The van der Waals surface area contributed by atoms with Crippen LogP contribution < -0.4 is 10.1 Å². The average Bonchev–Trinajstić information content (AvgIpc) is 2.66. The standard InChI is InChI=1S/C19H20N2O6/c1-13-6-8-17(9-7-13)26-10-11-27-19(23)14(2)20-18(22)15-4-3-5-16(12-15)21(24)25/h3-9,12,14H,10-11H2,1-2H3,(H,20,22). The highest BCUT2D eigenvalue weighted by atomic mass is 16.6. The predicted octanol–water partition coefficient (Wildman–Crippen LogP) is 2.64. The topological polar surface area (TPSA) is 108 Å². The third-order valence-corrected chi connectivity index (χ3v) is 3.64. The number of nitrogens with one attached hydrogen (secondary N) is 1. The number of nitrogens with zero attached hydrogens (tertiary/aromatic N) is 1. The molecular formula is C19H20N2O6. The first-order chi connectivity index (χ1) is 12.9. The lowest BCUT2D eigenvalue weighted by Crippen LogP contribution is -2.40. The Morgan fingerprint density at radius 1 is 1.15 bits per heavy atom. The molecule has 0 spiro atoms. The van der Waals surface area contributed by atoms with Gasteiger partial charge < -0.3 is 14.8 Å². The van der Waals surface area contributed by atoms with Crippen molar-refractivity contribution >= 4 is 17.6 Å². The third-order valence-electron chi connectivity index (χ3n) is 3.64. The molecule has 2 rings (SSSR count). The third kappa shape index (κ3) is 6.10. The fourth-order valence-electron chi connectivity index (χ4n) is 2.16. The lowest BCUT2D eigenvalue weighted by Gasteiger charge is -2.14. The van der Waals surface area contributed by atoms with Gasteiger partial charge in [0.2, 0.25) is 0 Å². The molecule has 0 aliphatic carbocycles. The molecule has 0 heterocycles. The van der Waals surface area contributed by atoms with Gasteiger partial charge in [-0.1, -0.05) is 23.8 Å². The number of nitro groups is 1. The van der Waals surface area contributed by atoms with E-state index in [1.165, 1.54) is 25.1 Å². The Morgan fingerprint density at radius 2 is 1.85 bits per heavy atom. The summed E-state index contributed by atoms with van der Waals surface area (Å²) >= 11 is 0. The minimum Gasteiger partial charge on any atom is -0.490 e. The van der Waals surface area contributed by atoms with Crippen molar-refractivity contribution in [3.8, 4) is 5.75 Å². The van der Waals surface area contributed by atoms with Gasteiger partial charge in [-0.2, -0.15) is 0 Å². The van der Waals surface area contributed by atoms with Crippen molar-refractivity contribution in [2.75, 3.05) is 13.2 Å². The van der Waals surface area contributed by atoms with E-state index in [9.17, 15) is 19.7 Å². The molecule has 1 amide bonds. The van der Waals surface area contributed by atoms with Crippen molar-refractivity contribution in [2.45, 2.75) is 19.9 Å². The zero-order valence-corrected chi connectivity index (χ0v) is 15.0. The van der Waals surface area contributed by atoms with Crippen LogP contribution >= 0.6 is 0 Å². The number of nitro benzene ring substituents is 1. The van der Waals surface area contributed by atoms with Crippen LogP contribution in [-0.4, -0.2) is 36.1 Å². The summed E-state index contributed by atoms with van der Waals surface area (Å²) in [6.45, 7) is 3.65. The van der Waals surface area contributed by atoms with Crippen molar-refractivity contribution in [3.05, 3.63) is 69.8 Å². The maximum atomic E-state index is 12.1. The highest BCUT2D eigenvalue weighted by Crippen LogP contribution is 2.13. The molecule has 1 atom stereocenters. The van der Waals surface area contributed by atoms with Crippen LogP contribution in [-0.2, 0) is 9.53 Å². The molecule has 2 aromatic rings. The number of carbonyl (C=O) groups excluding carboxylic acids is 2. The van der Waals surface area contributed by atoms with E-state index in [0.29, 0.717) is 5.75 Å². The largest absolute Gasteiger partial charge is 0.490 e. The smallest absolute Gasteiger partial charge is 0.328 e. The molecule has 8 nitrogen and oxygen atoms in total. The normalized spacial score (nSPS) is 11.3. The number of carbonyl (C=O) groups is 2. The minimum atomic E-state index is -0.906. The fraction of sp³-hybridized carbons (Fsp3) is 0.263. The molecule has 1 N–H and O–H groups in total. The van der Waals surface area contributed by atoms with Gasteiger partial charge in [-0.25, -0.2) is 4.79 Å². The summed E-state index contributed by atoms with van der Waals surface area (Å²) < 4.78 is 10.5. The Kier molecular flexibility index (Phi) is 6.87. The van der Waals surface area contributed by atoms with Gasteiger partial charge in [0.25, 0.3) is 11.6 Å². The number of non-ortho nitro benzene ring substituents is 1. The number of amides is 1. The molecule has 142 valence electrons. The monoisotopic (exact) mass is 372 g/mol. The number of esters is 1. The van der Waals surface area contributed by atoms with Gasteiger partial charge in [0.05, 0.1) is 4.92 Å². The molecule has 0 aliphatic heterocycles. The highest BCUT2D eigenvalue weighted by molar-refractivity contribution is 5.97. The Balaban J connectivity index is 1.77.